The molecule has 3 heterocycles. The number of carbonyl (C=O) groups is 1. The van der Waals surface area contributed by atoms with Gasteiger partial charge in [0.25, 0.3) is 5.91 Å². The Morgan fingerprint density at radius 2 is 2.00 bits per heavy atom. The molecule has 7 nitrogen and oxygen atoms in total. The molecule has 0 aliphatic heterocycles. The van der Waals surface area contributed by atoms with Crippen LogP contribution in [-0.2, 0) is 6.18 Å². The summed E-state index contributed by atoms with van der Waals surface area (Å²) in [6, 6.07) is 4.25. The van der Waals surface area contributed by atoms with E-state index in [4.69, 9.17) is 17.3 Å². The van der Waals surface area contributed by atoms with Crippen molar-refractivity contribution in [3.8, 4) is 16.9 Å². The molecule has 0 spiro atoms. The fraction of sp³-hybridized carbons (Fsp3) is 0.0588. The second-order valence-corrected chi connectivity index (χ2v) is 6.27. The van der Waals surface area contributed by atoms with Gasteiger partial charge in [-0.05, 0) is 24.3 Å². The fourth-order valence-electron chi connectivity index (χ4n) is 2.85. The van der Waals surface area contributed by atoms with Gasteiger partial charge in [-0.3, -0.25) is 9.89 Å². The number of aromatic amines is 1. The third kappa shape index (κ3) is 2.97. The first kappa shape index (κ1) is 18.0. The number of nitrogens with two attached hydrogens (primary N) is 1. The first-order valence-corrected chi connectivity index (χ1v) is 8.17. The lowest BCUT2D eigenvalue weighted by atomic mass is 10.2. The van der Waals surface area contributed by atoms with Crippen LogP contribution in [0.4, 0.5) is 13.2 Å². The first-order chi connectivity index (χ1) is 13.3. The van der Waals surface area contributed by atoms with Gasteiger partial charge >= 0.3 is 6.18 Å². The molecule has 0 saturated carbocycles. The quantitative estimate of drug-likeness (QED) is 0.542. The van der Waals surface area contributed by atoms with Gasteiger partial charge in [0.15, 0.2) is 5.65 Å². The smallest absolute Gasteiger partial charge is 0.364 e. The number of rotatable bonds is 3. The van der Waals surface area contributed by atoms with Gasteiger partial charge in [0.1, 0.15) is 12.0 Å². The number of benzene rings is 1. The molecule has 28 heavy (non-hydrogen) atoms. The largest absolute Gasteiger partial charge is 0.416 e. The third-order valence-electron chi connectivity index (χ3n) is 4.13. The first-order valence-electron chi connectivity index (χ1n) is 7.79. The maximum atomic E-state index is 13.1. The van der Waals surface area contributed by atoms with E-state index in [2.05, 4.69) is 20.2 Å². The molecule has 3 aromatic heterocycles. The van der Waals surface area contributed by atoms with Crippen LogP contribution in [0.5, 0.6) is 0 Å². The van der Waals surface area contributed by atoms with Crippen LogP contribution in [0, 0.1) is 0 Å². The molecule has 4 aromatic rings. The molecule has 0 radical (unpaired) electrons. The highest BCUT2D eigenvalue weighted by Gasteiger charge is 2.31. The number of amides is 1. The summed E-state index contributed by atoms with van der Waals surface area (Å²) >= 11 is 6.11. The third-order valence-corrected chi connectivity index (χ3v) is 4.45. The predicted molar refractivity (Wildman–Crippen MR) is 95.0 cm³/mol. The molecule has 1 amide bonds. The van der Waals surface area contributed by atoms with Crippen LogP contribution >= 0.6 is 11.6 Å². The number of alkyl halides is 3. The lowest BCUT2D eigenvalue weighted by molar-refractivity contribution is -0.137. The lowest BCUT2D eigenvalue weighted by Crippen LogP contribution is -2.16. The van der Waals surface area contributed by atoms with Crippen molar-refractivity contribution in [2.24, 2.45) is 5.73 Å². The van der Waals surface area contributed by atoms with Gasteiger partial charge in [0.2, 0.25) is 0 Å². The maximum Gasteiger partial charge on any atom is 0.416 e. The maximum absolute atomic E-state index is 13.1. The molecule has 4 rings (SSSR count). The summed E-state index contributed by atoms with van der Waals surface area (Å²) < 4.78 is 40.5. The summed E-state index contributed by atoms with van der Waals surface area (Å²) in [4.78, 5) is 20.1. The van der Waals surface area contributed by atoms with Crippen molar-refractivity contribution >= 4 is 28.5 Å². The van der Waals surface area contributed by atoms with Crippen molar-refractivity contribution in [3.63, 3.8) is 0 Å². The number of hydrogen-bond acceptors (Lipinski definition) is 4. The van der Waals surface area contributed by atoms with Crippen molar-refractivity contribution in [1.29, 1.82) is 0 Å². The van der Waals surface area contributed by atoms with Gasteiger partial charge in [-0.25, -0.2) is 9.97 Å². The molecule has 0 saturated heterocycles. The zero-order valence-electron chi connectivity index (χ0n) is 13.8. The number of hydrogen-bond donors (Lipinski definition) is 2. The summed E-state index contributed by atoms with van der Waals surface area (Å²) in [5, 5.41) is 7.18. The minimum Gasteiger partial charge on any atom is -0.364 e. The Bertz CT molecular complexity index is 1210. The van der Waals surface area contributed by atoms with E-state index in [0.717, 1.165) is 18.2 Å². The molecule has 0 aliphatic carbocycles. The van der Waals surface area contributed by atoms with Crippen LogP contribution in [0.15, 0.2) is 43.0 Å². The van der Waals surface area contributed by atoms with Crippen LogP contribution in [0.3, 0.4) is 0 Å². The molecule has 0 atom stereocenters. The average Bonchev–Trinajstić information content (AvgIpc) is 3.28. The SMILES string of the molecule is NC(=O)c1cc(-c2ncnc3[nH]ncc23)cn1-c1cc(C(F)(F)F)ccc1Cl. The van der Waals surface area contributed by atoms with Gasteiger partial charge in [0, 0.05) is 11.8 Å². The summed E-state index contributed by atoms with van der Waals surface area (Å²) in [5.41, 5.74) is 5.79. The predicted octanol–water partition coefficient (Wildman–Crippen LogP) is 3.58. The molecule has 0 unspecified atom stereocenters. The number of fused-ring (bicyclic) bond motifs is 1. The molecule has 0 aliphatic rings. The lowest BCUT2D eigenvalue weighted by Gasteiger charge is -2.13. The normalized spacial score (nSPS) is 11.9. The molecule has 11 heteroatoms. The van der Waals surface area contributed by atoms with Crippen LogP contribution in [0.2, 0.25) is 5.02 Å². The molecule has 1 aromatic carbocycles. The Balaban J connectivity index is 1.94. The zero-order chi connectivity index (χ0) is 20.1. The van der Waals surface area contributed by atoms with Crippen molar-refractivity contribution in [1.82, 2.24) is 24.7 Å². The molecular formula is C17H10ClF3N6O. The molecule has 142 valence electrons. The number of nitrogens with one attached hydrogen (secondary N) is 1. The summed E-state index contributed by atoms with van der Waals surface area (Å²) in [6.07, 6.45) is -0.328. The van der Waals surface area contributed by atoms with Crippen LogP contribution in [0.25, 0.3) is 28.0 Å². The van der Waals surface area contributed by atoms with Crippen molar-refractivity contribution < 1.29 is 18.0 Å². The summed E-state index contributed by atoms with van der Waals surface area (Å²) in [5.74, 6) is -0.836. The minimum absolute atomic E-state index is 0.0220. The number of aromatic nitrogens is 5. The fourth-order valence-corrected chi connectivity index (χ4v) is 3.06. The van der Waals surface area contributed by atoms with E-state index >= 15 is 0 Å². The van der Waals surface area contributed by atoms with Crippen molar-refractivity contribution in [2.45, 2.75) is 6.18 Å². The molecular weight excluding hydrogens is 397 g/mol. The monoisotopic (exact) mass is 406 g/mol. The standard InChI is InChI=1S/C17H10ClF3N6O/c18-11-2-1-9(17(19,20)21)4-12(11)27-6-8(3-13(27)15(22)28)14-10-5-25-26-16(10)24-7-23-14/h1-7H,(H2,22,28)(H,23,24,25,26). The number of H-pyrrole nitrogens is 1. The Kier molecular flexibility index (Phi) is 4.07. The van der Waals surface area contributed by atoms with E-state index in [1.54, 1.807) is 0 Å². The van der Waals surface area contributed by atoms with Crippen LogP contribution in [-0.4, -0.2) is 30.6 Å². The van der Waals surface area contributed by atoms with Gasteiger partial charge in [-0.2, -0.15) is 18.3 Å². The van der Waals surface area contributed by atoms with Gasteiger partial charge < -0.3 is 10.3 Å². The Morgan fingerprint density at radius 1 is 1.21 bits per heavy atom. The van der Waals surface area contributed by atoms with E-state index in [9.17, 15) is 18.0 Å². The molecule has 3 N–H and O–H groups in total. The topological polar surface area (TPSA) is 102 Å². The Morgan fingerprint density at radius 3 is 2.71 bits per heavy atom. The molecule has 0 bridgehead atoms. The van der Waals surface area contributed by atoms with Gasteiger partial charge in [-0.1, -0.05) is 11.6 Å². The van der Waals surface area contributed by atoms with E-state index in [1.807, 2.05) is 0 Å². The van der Waals surface area contributed by atoms with E-state index in [-0.39, 0.29) is 16.4 Å². The van der Waals surface area contributed by atoms with E-state index in [0.29, 0.717) is 22.3 Å². The number of carbonyl (C=O) groups excluding carboxylic acids is 1. The van der Waals surface area contributed by atoms with Crippen LogP contribution in [0.1, 0.15) is 16.1 Å². The Labute approximate surface area is 160 Å². The Hall–Kier alpha value is -3.40. The molecule has 0 fully saturated rings. The number of halogens is 4. The average molecular weight is 407 g/mol. The van der Waals surface area contributed by atoms with Crippen LogP contribution < -0.4 is 5.73 Å². The second kappa shape index (κ2) is 6.34. The summed E-state index contributed by atoms with van der Waals surface area (Å²) in [6.45, 7) is 0. The number of primary amides is 1. The highest BCUT2D eigenvalue weighted by atomic mass is 35.5. The van der Waals surface area contributed by atoms with Gasteiger partial charge in [0.05, 0.1) is 33.6 Å². The van der Waals surface area contributed by atoms with E-state index < -0.39 is 17.6 Å². The second-order valence-electron chi connectivity index (χ2n) is 5.87. The highest BCUT2D eigenvalue weighted by Crippen LogP contribution is 2.35. The minimum atomic E-state index is -4.57. The zero-order valence-corrected chi connectivity index (χ0v) is 14.6. The number of nitrogens with zero attached hydrogens (tertiary/aromatic N) is 4. The van der Waals surface area contributed by atoms with Crippen molar-refractivity contribution in [2.75, 3.05) is 0 Å². The van der Waals surface area contributed by atoms with Gasteiger partial charge in [-0.15, -0.1) is 0 Å². The highest BCUT2D eigenvalue weighted by molar-refractivity contribution is 6.32. The van der Waals surface area contributed by atoms with Crippen molar-refractivity contribution in [3.05, 3.63) is 59.3 Å². The summed E-state index contributed by atoms with van der Waals surface area (Å²) in [7, 11) is 0. The van der Waals surface area contributed by atoms with E-state index in [1.165, 1.54) is 29.4 Å².